The van der Waals surface area contributed by atoms with E-state index in [-0.39, 0.29) is 17.4 Å². The van der Waals surface area contributed by atoms with Crippen molar-refractivity contribution in [2.45, 2.75) is 32.4 Å². The SMILES string of the molecule is COC1CN2c3c(cccc3C(C)=CC2(C)C)C1=O. The standard InChI is InChI=1S/C16H19NO2/c1-10-8-16(2,3)17-9-13(19-4)15(18)12-7-5-6-11(10)14(12)17/h5-8,13H,9H2,1-4H3. The zero-order chi connectivity index (χ0) is 13.8. The van der Waals surface area contributed by atoms with E-state index in [9.17, 15) is 4.79 Å². The van der Waals surface area contributed by atoms with Gasteiger partial charge in [-0.05, 0) is 32.4 Å². The van der Waals surface area contributed by atoms with Gasteiger partial charge in [0, 0.05) is 18.2 Å². The summed E-state index contributed by atoms with van der Waals surface area (Å²) in [6.07, 6.45) is 1.90. The normalized spacial score (nSPS) is 24.0. The van der Waals surface area contributed by atoms with Crippen molar-refractivity contribution in [3.8, 4) is 0 Å². The van der Waals surface area contributed by atoms with Crippen molar-refractivity contribution in [1.82, 2.24) is 0 Å². The number of benzene rings is 1. The minimum Gasteiger partial charge on any atom is -0.371 e. The number of para-hydroxylation sites is 1. The van der Waals surface area contributed by atoms with Crippen molar-refractivity contribution >= 4 is 17.0 Å². The van der Waals surface area contributed by atoms with E-state index in [0.717, 1.165) is 11.3 Å². The number of carbonyl (C=O) groups is 1. The van der Waals surface area contributed by atoms with E-state index in [4.69, 9.17) is 4.74 Å². The van der Waals surface area contributed by atoms with Crippen molar-refractivity contribution in [3.05, 3.63) is 35.4 Å². The first-order valence-electron chi connectivity index (χ1n) is 6.63. The molecule has 2 aliphatic rings. The second-order valence-corrected chi connectivity index (χ2v) is 5.88. The topological polar surface area (TPSA) is 29.5 Å². The number of methoxy groups -OCH3 is 1. The number of anilines is 1. The Kier molecular flexibility index (Phi) is 2.58. The molecule has 1 aromatic rings. The number of rotatable bonds is 1. The van der Waals surface area contributed by atoms with E-state index in [0.29, 0.717) is 6.54 Å². The summed E-state index contributed by atoms with van der Waals surface area (Å²) in [4.78, 5) is 14.7. The van der Waals surface area contributed by atoms with Crippen molar-refractivity contribution in [3.63, 3.8) is 0 Å². The maximum Gasteiger partial charge on any atom is 0.195 e. The van der Waals surface area contributed by atoms with Gasteiger partial charge in [-0.1, -0.05) is 18.2 Å². The Morgan fingerprint density at radius 3 is 2.68 bits per heavy atom. The van der Waals surface area contributed by atoms with Crippen LogP contribution in [0.2, 0.25) is 0 Å². The van der Waals surface area contributed by atoms with Gasteiger partial charge < -0.3 is 9.64 Å². The molecule has 3 nitrogen and oxygen atoms in total. The fraction of sp³-hybridized carbons (Fsp3) is 0.438. The summed E-state index contributed by atoms with van der Waals surface area (Å²) < 4.78 is 5.36. The van der Waals surface area contributed by atoms with Gasteiger partial charge in [-0.25, -0.2) is 0 Å². The minimum absolute atomic E-state index is 0.0926. The van der Waals surface area contributed by atoms with Gasteiger partial charge in [0.1, 0.15) is 6.10 Å². The molecule has 100 valence electrons. The molecule has 1 atom stereocenters. The molecule has 1 unspecified atom stereocenters. The zero-order valence-corrected chi connectivity index (χ0v) is 11.9. The van der Waals surface area contributed by atoms with Gasteiger partial charge in [0.15, 0.2) is 5.78 Å². The van der Waals surface area contributed by atoms with Gasteiger partial charge in [0.05, 0.1) is 17.8 Å². The Morgan fingerprint density at radius 1 is 1.32 bits per heavy atom. The molecule has 0 radical (unpaired) electrons. The van der Waals surface area contributed by atoms with E-state index in [1.165, 1.54) is 11.1 Å². The summed E-state index contributed by atoms with van der Waals surface area (Å²) >= 11 is 0. The molecule has 0 bridgehead atoms. The average molecular weight is 257 g/mol. The van der Waals surface area contributed by atoms with Crippen LogP contribution in [-0.2, 0) is 4.74 Å². The highest BCUT2D eigenvalue weighted by atomic mass is 16.5. The van der Waals surface area contributed by atoms with Crippen molar-refractivity contribution < 1.29 is 9.53 Å². The van der Waals surface area contributed by atoms with Gasteiger partial charge in [0.25, 0.3) is 0 Å². The third-order valence-electron chi connectivity index (χ3n) is 4.19. The number of ether oxygens (including phenoxy) is 1. The van der Waals surface area contributed by atoms with Crippen LogP contribution in [0.5, 0.6) is 0 Å². The van der Waals surface area contributed by atoms with Crippen LogP contribution in [0, 0.1) is 0 Å². The maximum atomic E-state index is 12.4. The fourth-order valence-corrected chi connectivity index (χ4v) is 3.26. The smallest absolute Gasteiger partial charge is 0.195 e. The van der Waals surface area contributed by atoms with Crippen LogP contribution < -0.4 is 4.90 Å². The predicted octanol–water partition coefficient (Wildman–Crippen LogP) is 2.90. The molecule has 0 fully saturated rings. The summed E-state index contributed by atoms with van der Waals surface area (Å²) in [5.74, 6) is 0.0982. The molecule has 0 amide bonds. The fourth-order valence-electron chi connectivity index (χ4n) is 3.26. The summed E-state index contributed by atoms with van der Waals surface area (Å²) in [7, 11) is 1.61. The van der Waals surface area contributed by atoms with Gasteiger partial charge in [-0.3, -0.25) is 4.79 Å². The van der Waals surface area contributed by atoms with Gasteiger partial charge >= 0.3 is 0 Å². The number of hydrogen-bond donors (Lipinski definition) is 0. The summed E-state index contributed by atoms with van der Waals surface area (Å²) in [6.45, 7) is 7.09. The molecule has 0 saturated heterocycles. The zero-order valence-electron chi connectivity index (χ0n) is 11.9. The number of nitrogens with zero attached hydrogens (tertiary/aromatic N) is 1. The van der Waals surface area contributed by atoms with Crippen LogP contribution in [-0.4, -0.2) is 31.1 Å². The molecule has 1 aromatic carbocycles. The second-order valence-electron chi connectivity index (χ2n) is 5.88. The van der Waals surface area contributed by atoms with Crippen molar-refractivity contribution in [2.75, 3.05) is 18.6 Å². The molecular formula is C16H19NO2. The first-order chi connectivity index (χ1) is 8.95. The predicted molar refractivity (Wildman–Crippen MR) is 76.6 cm³/mol. The van der Waals surface area contributed by atoms with E-state index < -0.39 is 0 Å². The lowest BCUT2D eigenvalue weighted by Crippen LogP contribution is -2.54. The molecule has 3 rings (SSSR count). The first-order valence-corrected chi connectivity index (χ1v) is 6.63. The van der Waals surface area contributed by atoms with E-state index in [2.05, 4.69) is 37.8 Å². The molecule has 0 saturated carbocycles. The van der Waals surface area contributed by atoms with Crippen LogP contribution >= 0.6 is 0 Å². The Morgan fingerprint density at radius 2 is 2.00 bits per heavy atom. The number of Topliss-reactive ketones (excluding diaryl/α,β-unsaturated/α-hetero) is 1. The van der Waals surface area contributed by atoms with Crippen LogP contribution in [0.25, 0.3) is 5.57 Å². The highest BCUT2D eigenvalue weighted by molar-refractivity contribution is 6.09. The average Bonchev–Trinajstić information content (AvgIpc) is 2.36. The monoisotopic (exact) mass is 257 g/mol. The summed E-state index contributed by atoms with van der Waals surface area (Å²) in [5.41, 5.74) is 4.17. The molecule has 2 aliphatic heterocycles. The third-order valence-corrected chi connectivity index (χ3v) is 4.19. The lowest BCUT2D eigenvalue weighted by Gasteiger charge is -2.47. The lowest BCUT2D eigenvalue weighted by molar-refractivity contribution is 0.0598. The molecule has 0 spiro atoms. The molecule has 3 heteroatoms. The van der Waals surface area contributed by atoms with E-state index in [1.807, 2.05) is 12.1 Å². The number of hydrogen-bond acceptors (Lipinski definition) is 3. The molecule has 0 aliphatic carbocycles. The Balaban J connectivity index is 2.27. The number of ketones is 1. The maximum absolute atomic E-state index is 12.4. The van der Waals surface area contributed by atoms with Gasteiger partial charge in [-0.15, -0.1) is 0 Å². The van der Waals surface area contributed by atoms with Crippen LogP contribution in [0.4, 0.5) is 5.69 Å². The van der Waals surface area contributed by atoms with E-state index in [1.54, 1.807) is 7.11 Å². The van der Waals surface area contributed by atoms with Crippen LogP contribution in [0.3, 0.4) is 0 Å². The van der Waals surface area contributed by atoms with Gasteiger partial charge in [0.2, 0.25) is 0 Å². The quantitative estimate of drug-likeness (QED) is 0.774. The number of carbonyl (C=O) groups excluding carboxylic acids is 1. The second kappa shape index (κ2) is 3.94. The Labute approximate surface area is 113 Å². The highest BCUT2D eigenvalue weighted by Crippen LogP contribution is 2.43. The molecular weight excluding hydrogens is 238 g/mol. The molecule has 0 N–H and O–H groups in total. The van der Waals surface area contributed by atoms with Gasteiger partial charge in [-0.2, -0.15) is 0 Å². The van der Waals surface area contributed by atoms with E-state index >= 15 is 0 Å². The molecule has 19 heavy (non-hydrogen) atoms. The summed E-state index contributed by atoms with van der Waals surface area (Å²) in [6, 6.07) is 5.96. The Hall–Kier alpha value is -1.61. The minimum atomic E-state index is -0.367. The van der Waals surface area contributed by atoms with Crippen molar-refractivity contribution in [2.24, 2.45) is 0 Å². The molecule has 2 heterocycles. The third kappa shape index (κ3) is 1.65. The first kappa shape index (κ1) is 12.4. The van der Waals surface area contributed by atoms with Crippen molar-refractivity contribution in [1.29, 1.82) is 0 Å². The van der Waals surface area contributed by atoms with Crippen LogP contribution in [0.15, 0.2) is 24.3 Å². The lowest BCUT2D eigenvalue weighted by atomic mass is 9.83. The Bertz CT molecular complexity index is 586. The van der Waals surface area contributed by atoms with Crippen LogP contribution in [0.1, 0.15) is 36.7 Å². The highest BCUT2D eigenvalue weighted by Gasteiger charge is 2.41. The molecule has 0 aromatic heterocycles. The largest absolute Gasteiger partial charge is 0.371 e. The summed E-state index contributed by atoms with van der Waals surface area (Å²) in [5, 5.41) is 0. The number of allylic oxidation sites excluding steroid dienone is 1.